The van der Waals surface area contributed by atoms with Crippen LogP contribution in [0.25, 0.3) is 0 Å². The van der Waals surface area contributed by atoms with Crippen molar-refractivity contribution in [2.45, 2.75) is 32.9 Å². The Morgan fingerprint density at radius 3 is 2.59 bits per heavy atom. The van der Waals surface area contributed by atoms with E-state index in [1.54, 1.807) is 6.92 Å². The molecule has 0 aliphatic rings. The molecular weight excluding hydrogens is 255 g/mol. The monoisotopic (exact) mass is 267 g/mol. The van der Waals surface area contributed by atoms with Gasteiger partial charge in [-0.3, -0.25) is 4.79 Å². The van der Waals surface area contributed by atoms with Gasteiger partial charge >= 0.3 is 6.18 Å². The predicted molar refractivity (Wildman–Crippen MR) is 57.6 cm³/mol. The van der Waals surface area contributed by atoms with Gasteiger partial charge in [-0.15, -0.1) is 10.2 Å². The van der Waals surface area contributed by atoms with Crippen LogP contribution in [0, 0.1) is 5.92 Å². The van der Waals surface area contributed by atoms with Gasteiger partial charge in [-0.2, -0.15) is 13.2 Å². The number of aromatic nitrogens is 2. The number of nitrogens with one attached hydrogen (secondary N) is 1. The fourth-order valence-corrected chi connectivity index (χ4v) is 1.79. The van der Waals surface area contributed by atoms with Crippen molar-refractivity contribution in [2.24, 2.45) is 5.92 Å². The van der Waals surface area contributed by atoms with Crippen LogP contribution in [0.1, 0.15) is 31.7 Å². The minimum Gasteiger partial charge on any atom is -0.300 e. The first kappa shape index (κ1) is 13.9. The van der Waals surface area contributed by atoms with Gasteiger partial charge < -0.3 is 5.32 Å². The lowest BCUT2D eigenvalue weighted by atomic mass is 10.1. The quantitative estimate of drug-likeness (QED) is 0.912. The molecule has 0 spiro atoms. The van der Waals surface area contributed by atoms with Crippen LogP contribution < -0.4 is 5.32 Å². The van der Waals surface area contributed by atoms with E-state index in [2.05, 4.69) is 15.5 Å². The maximum atomic E-state index is 12.2. The molecule has 1 N–H and O–H groups in total. The van der Waals surface area contributed by atoms with E-state index in [9.17, 15) is 18.0 Å². The second-order valence-corrected chi connectivity index (χ2v) is 4.57. The maximum absolute atomic E-state index is 12.2. The molecule has 1 aromatic heterocycles. The molecule has 0 bridgehead atoms. The average molecular weight is 267 g/mol. The number of hydrogen-bond acceptors (Lipinski definition) is 4. The Bertz CT molecular complexity index is 391. The standard InChI is InChI=1S/C9H12F3N3OS/c1-3-4-5(2)6(16)13-8-15-14-7(17-8)9(10,11)12/h5H,3-4H2,1-2H3,(H,13,15,16). The molecule has 8 heteroatoms. The summed E-state index contributed by atoms with van der Waals surface area (Å²) >= 11 is 0.324. The van der Waals surface area contributed by atoms with Crippen molar-refractivity contribution in [3.8, 4) is 0 Å². The molecule has 1 aromatic rings. The number of rotatable bonds is 4. The number of amides is 1. The molecule has 0 aromatic carbocycles. The smallest absolute Gasteiger partial charge is 0.300 e. The lowest BCUT2D eigenvalue weighted by Gasteiger charge is -2.07. The van der Waals surface area contributed by atoms with Gasteiger partial charge in [0.1, 0.15) is 0 Å². The number of alkyl halides is 3. The molecule has 1 unspecified atom stereocenters. The Morgan fingerprint density at radius 2 is 2.12 bits per heavy atom. The first-order valence-electron chi connectivity index (χ1n) is 5.06. The molecule has 0 saturated carbocycles. The molecule has 0 radical (unpaired) electrons. The van der Waals surface area contributed by atoms with Crippen molar-refractivity contribution >= 4 is 22.4 Å². The number of halogens is 3. The zero-order valence-corrected chi connectivity index (χ0v) is 10.2. The van der Waals surface area contributed by atoms with Crippen molar-refractivity contribution in [3.63, 3.8) is 0 Å². The van der Waals surface area contributed by atoms with Gasteiger partial charge in [0, 0.05) is 5.92 Å². The van der Waals surface area contributed by atoms with Crippen LogP contribution in [0.2, 0.25) is 0 Å². The minimum absolute atomic E-state index is 0.120. The van der Waals surface area contributed by atoms with Crippen LogP contribution in [0.4, 0.5) is 18.3 Å². The second kappa shape index (κ2) is 5.44. The van der Waals surface area contributed by atoms with E-state index in [-0.39, 0.29) is 17.0 Å². The highest BCUT2D eigenvalue weighted by Crippen LogP contribution is 2.33. The number of carbonyl (C=O) groups is 1. The van der Waals surface area contributed by atoms with Gasteiger partial charge in [0.05, 0.1) is 0 Å². The van der Waals surface area contributed by atoms with Crippen molar-refractivity contribution in [2.75, 3.05) is 5.32 Å². The van der Waals surface area contributed by atoms with Crippen LogP contribution >= 0.6 is 11.3 Å². The summed E-state index contributed by atoms with van der Waals surface area (Å²) in [6.45, 7) is 3.64. The highest BCUT2D eigenvalue weighted by atomic mass is 32.1. The van der Waals surface area contributed by atoms with E-state index in [4.69, 9.17) is 0 Å². The third kappa shape index (κ3) is 3.95. The zero-order valence-electron chi connectivity index (χ0n) is 9.34. The lowest BCUT2D eigenvalue weighted by Crippen LogP contribution is -2.20. The van der Waals surface area contributed by atoms with Crippen LogP contribution in [-0.4, -0.2) is 16.1 Å². The molecule has 0 aliphatic carbocycles. The SMILES string of the molecule is CCCC(C)C(=O)Nc1nnc(C(F)(F)F)s1. The molecule has 1 rings (SSSR count). The van der Waals surface area contributed by atoms with Crippen molar-refractivity contribution < 1.29 is 18.0 Å². The Morgan fingerprint density at radius 1 is 1.47 bits per heavy atom. The highest BCUT2D eigenvalue weighted by Gasteiger charge is 2.35. The zero-order chi connectivity index (χ0) is 13.1. The summed E-state index contributed by atoms with van der Waals surface area (Å²) in [4.78, 5) is 11.5. The molecule has 0 saturated heterocycles. The van der Waals surface area contributed by atoms with E-state index < -0.39 is 11.2 Å². The van der Waals surface area contributed by atoms with Gasteiger partial charge in [0.15, 0.2) is 0 Å². The number of carbonyl (C=O) groups excluding carboxylic acids is 1. The van der Waals surface area contributed by atoms with Crippen molar-refractivity contribution in [1.82, 2.24) is 10.2 Å². The Kier molecular flexibility index (Phi) is 4.44. The molecule has 1 amide bonds. The number of nitrogens with zero attached hydrogens (tertiary/aromatic N) is 2. The van der Waals surface area contributed by atoms with E-state index in [0.29, 0.717) is 17.8 Å². The van der Waals surface area contributed by atoms with Crippen LogP contribution in [-0.2, 0) is 11.0 Å². The molecule has 1 atom stereocenters. The van der Waals surface area contributed by atoms with Gasteiger partial charge in [-0.25, -0.2) is 0 Å². The summed E-state index contributed by atoms with van der Waals surface area (Å²) < 4.78 is 36.6. The van der Waals surface area contributed by atoms with Crippen molar-refractivity contribution in [3.05, 3.63) is 5.01 Å². The van der Waals surface area contributed by atoms with Crippen LogP contribution in [0.3, 0.4) is 0 Å². The Labute approximate surface area is 100 Å². The number of hydrogen-bond donors (Lipinski definition) is 1. The maximum Gasteiger partial charge on any atom is 0.445 e. The summed E-state index contributed by atoms with van der Waals surface area (Å²) in [6.07, 6.45) is -3.01. The molecule has 96 valence electrons. The van der Waals surface area contributed by atoms with E-state index >= 15 is 0 Å². The fraction of sp³-hybridized carbons (Fsp3) is 0.667. The molecule has 1 heterocycles. The summed E-state index contributed by atoms with van der Waals surface area (Å²) in [7, 11) is 0. The fourth-order valence-electron chi connectivity index (χ4n) is 1.18. The molecule has 4 nitrogen and oxygen atoms in total. The number of anilines is 1. The summed E-state index contributed by atoms with van der Waals surface area (Å²) in [5, 5.41) is 7.40. The van der Waals surface area contributed by atoms with Gasteiger partial charge in [0.2, 0.25) is 16.0 Å². The van der Waals surface area contributed by atoms with Crippen LogP contribution in [0.5, 0.6) is 0 Å². The van der Waals surface area contributed by atoms with E-state index in [1.807, 2.05) is 6.92 Å². The Hall–Kier alpha value is -1.18. The van der Waals surface area contributed by atoms with Gasteiger partial charge in [-0.05, 0) is 6.42 Å². The van der Waals surface area contributed by atoms with Crippen molar-refractivity contribution in [1.29, 1.82) is 0 Å². The third-order valence-electron chi connectivity index (χ3n) is 2.07. The summed E-state index contributed by atoms with van der Waals surface area (Å²) in [5.74, 6) is -0.588. The van der Waals surface area contributed by atoms with E-state index in [0.717, 1.165) is 6.42 Å². The Balaban J connectivity index is 2.64. The second-order valence-electron chi connectivity index (χ2n) is 3.59. The minimum atomic E-state index is -4.52. The lowest BCUT2D eigenvalue weighted by molar-refractivity contribution is -0.138. The summed E-state index contributed by atoms with van der Waals surface area (Å²) in [5.41, 5.74) is 0. The first-order valence-corrected chi connectivity index (χ1v) is 5.87. The van der Waals surface area contributed by atoms with E-state index in [1.165, 1.54) is 0 Å². The van der Waals surface area contributed by atoms with Crippen LogP contribution in [0.15, 0.2) is 0 Å². The molecule has 0 fully saturated rings. The summed E-state index contributed by atoms with van der Waals surface area (Å²) in [6, 6.07) is 0. The largest absolute Gasteiger partial charge is 0.445 e. The molecular formula is C9H12F3N3OS. The average Bonchev–Trinajstić information content (AvgIpc) is 2.66. The van der Waals surface area contributed by atoms with Gasteiger partial charge in [-0.1, -0.05) is 31.6 Å². The predicted octanol–water partition coefficient (Wildman–Crippen LogP) is 2.93. The molecule has 0 aliphatic heterocycles. The van der Waals surface area contributed by atoms with Gasteiger partial charge in [0.25, 0.3) is 0 Å². The highest BCUT2D eigenvalue weighted by molar-refractivity contribution is 7.15. The topological polar surface area (TPSA) is 54.9 Å². The molecule has 17 heavy (non-hydrogen) atoms. The third-order valence-corrected chi connectivity index (χ3v) is 2.95. The first-order chi connectivity index (χ1) is 7.84. The normalized spacial score (nSPS) is 13.5.